The van der Waals surface area contributed by atoms with Gasteiger partial charge in [-0.3, -0.25) is 4.79 Å². The highest BCUT2D eigenvalue weighted by atomic mass is 32.2. The first kappa shape index (κ1) is 19.3. The maximum absolute atomic E-state index is 13.1. The molecular formula is C19H29N3O3S. The lowest BCUT2D eigenvalue weighted by Crippen LogP contribution is -2.42. The van der Waals surface area contributed by atoms with Crippen LogP contribution in [0.2, 0.25) is 0 Å². The van der Waals surface area contributed by atoms with Crippen LogP contribution in [0.4, 0.5) is 0 Å². The summed E-state index contributed by atoms with van der Waals surface area (Å²) in [6, 6.07) is 6.52. The molecule has 1 aromatic rings. The Balaban J connectivity index is 1.82. The molecule has 1 N–H and O–H groups in total. The Bertz CT molecular complexity index is 732. The standard InChI is InChI=1S/C19H29N3O3S/c1-15-11-16(2)14-22(13-15)26(24,25)18-6-3-5-17(12-18)19(23)21-9-4-7-20-8-10-21/h3,5-6,12,15-16,20H,4,7-11,13-14H2,1-2H3. The van der Waals surface area contributed by atoms with Crippen LogP contribution in [0.3, 0.4) is 0 Å². The lowest BCUT2D eigenvalue weighted by molar-refractivity contribution is 0.0766. The number of rotatable bonds is 3. The van der Waals surface area contributed by atoms with Crippen molar-refractivity contribution in [3.8, 4) is 0 Å². The fraction of sp³-hybridized carbons (Fsp3) is 0.632. The van der Waals surface area contributed by atoms with Gasteiger partial charge in [0.25, 0.3) is 5.91 Å². The van der Waals surface area contributed by atoms with E-state index < -0.39 is 10.0 Å². The fourth-order valence-corrected chi connectivity index (χ4v) is 5.70. The van der Waals surface area contributed by atoms with Gasteiger partial charge in [0.1, 0.15) is 0 Å². The Morgan fingerprint density at radius 2 is 1.85 bits per heavy atom. The van der Waals surface area contributed by atoms with Crippen LogP contribution >= 0.6 is 0 Å². The average molecular weight is 380 g/mol. The van der Waals surface area contributed by atoms with Gasteiger partial charge < -0.3 is 10.2 Å². The van der Waals surface area contributed by atoms with Gasteiger partial charge in [-0.05, 0) is 49.4 Å². The van der Waals surface area contributed by atoms with Crippen molar-refractivity contribution in [1.82, 2.24) is 14.5 Å². The number of amides is 1. The Morgan fingerprint density at radius 3 is 2.58 bits per heavy atom. The molecule has 2 atom stereocenters. The number of benzene rings is 1. The average Bonchev–Trinajstić information content (AvgIpc) is 2.90. The summed E-state index contributed by atoms with van der Waals surface area (Å²) < 4.78 is 27.7. The number of piperidine rings is 1. The van der Waals surface area contributed by atoms with Crippen LogP contribution in [-0.2, 0) is 10.0 Å². The highest BCUT2D eigenvalue weighted by molar-refractivity contribution is 7.89. The predicted molar refractivity (Wildman–Crippen MR) is 102 cm³/mol. The molecule has 0 saturated carbocycles. The first-order valence-electron chi connectivity index (χ1n) is 9.48. The van der Waals surface area contributed by atoms with Crippen LogP contribution in [0.25, 0.3) is 0 Å². The van der Waals surface area contributed by atoms with E-state index in [0.717, 1.165) is 25.9 Å². The lowest BCUT2D eigenvalue weighted by atomic mass is 9.94. The molecule has 0 radical (unpaired) electrons. The zero-order valence-corrected chi connectivity index (χ0v) is 16.5. The van der Waals surface area contributed by atoms with Crippen molar-refractivity contribution in [2.45, 2.75) is 31.6 Å². The molecule has 6 nitrogen and oxygen atoms in total. The first-order chi connectivity index (χ1) is 12.4. The highest BCUT2D eigenvalue weighted by Gasteiger charge is 2.32. The number of sulfonamides is 1. The van der Waals surface area contributed by atoms with Gasteiger partial charge in [-0.1, -0.05) is 19.9 Å². The highest BCUT2D eigenvalue weighted by Crippen LogP contribution is 2.27. The molecule has 144 valence electrons. The number of nitrogens with zero attached hydrogens (tertiary/aromatic N) is 2. The topological polar surface area (TPSA) is 69.7 Å². The van der Waals surface area contributed by atoms with Gasteiger partial charge in [0, 0.05) is 38.3 Å². The molecule has 2 aliphatic heterocycles. The molecule has 2 saturated heterocycles. The Kier molecular flexibility index (Phi) is 5.99. The Labute approximate surface area is 156 Å². The van der Waals surface area contributed by atoms with E-state index in [1.165, 1.54) is 0 Å². The number of carbonyl (C=O) groups excluding carboxylic acids is 1. The van der Waals surface area contributed by atoms with Crippen LogP contribution in [0, 0.1) is 11.8 Å². The smallest absolute Gasteiger partial charge is 0.253 e. The minimum atomic E-state index is -3.57. The molecular weight excluding hydrogens is 350 g/mol. The van der Waals surface area contributed by atoms with E-state index >= 15 is 0 Å². The monoisotopic (exact) mass is 379 g/mol. The zero-order valence-electron chi connectivity index (χ0n) is 15.6. The molecule has 0 aromatic heterocycles. The van der Waals surface area contributed by atoms with Crippen LogP contribution < -0.4 is 5.32 Å². The number of carbonyl (C=O) groups is 1. The Morgan fingerprint density at radius 1 is 1.12 bits per heavy atom. The van der Waals surface area contributed by atoms with Crippen molar-refractivity contribution in [2.24, 2.45) is 11.8 Å². The van der Waals surface area contributed by atoms with Crippen molar-refractivity contribution in [2.75, 3.05) is 39.3 Å². The molecule has 26 heavy (non-hydrogen) atoms. The summed E-state index contributed by atoms with van der Waals surface area (Å²) in [4.78, 5) is 14.8. The van der Waals surface area contributed by atoms with Gasteiger partial charge in [-0.25, -0.2) is 8.42 Å². The Hall–Kier alpha value is -1.44. The van der Waals surface area contributed by atoms with Gasteiger partial charge in [-0.2, -0.15) is 4.31 Å². The van der Waals surface area contributed by atoms with Gasteiger partial charge >= 0.3 is 0 Å². The molecule has 2 fully saturated rings. The van der Waals surface area contributed by atoms with Crippen molar-refractivity contribution >= 4 is 15.9 Å². The van der Waals surface area contributed by atoms with Crippen molar-refractivity contribution < 1.29 is 13.2 Å². The summed E-state index contributed by atoms with van der Waals surface area (Å²) in [5, 5.41) is 3.27. The maximum Gasteiger partial charge on any atom is 0.253 e. The lowest BCUT2D eigenvalue weighted by Gasteiger charge is -2.34. The van der Waals surface area contributed by atoms with E-state index in [-0.39, 0.29) is 10.8 Å². The SMILES string of the molecule is CC1CC(C)CN(S(=O)(=O)c2cccc(C(=O)N3CCCNCC3)c2)C1. The molecule has 0 bridgehead atoms. The van der Waals surface area contributed by atoms with Crippen LogP contribution in [0.1, 0.15) is 37.0 Å². The summed E-state index contributed by atoms with van der Waals surface area (Å²) in [5.41, 5.74) is 0.450. The molecule has 0 spiro atoms. The van der Waals surface area contributed by atoms with Crippen LogP contribution in [0.15, 0.2) is 29.2 Å². The minimum Gasteiger partial charge on any atom is -0.337 e. The van der Waals surface area contributed by atoms with E-state index in [1.54, 1.807) is 33.5 Å². The second-order valence-electron chi connectivity index (χ2n) is 7.69. The van der Waals surface area contributed by atoms with Crippen LogP contribution in [-0.4, -0.2) is 62.8 Å². The number of hydrogen-bond donors (Lipinski definition) is 1. The molecule has 2 unspecified atom stereocenters. The normalized spacial score (nSPS) is 25.7. The minimum absolute atomic E-state index is 0.0915. The van der Waals surface area contributed by atoms with Gasteiger partial charge in [0.05, 0.1) is 4.90 Å². The molecule has 1 aromatic carbocycles. The van der Waals surface area contributed by atoms with Crippen molar-refractivity contribution in [3.05, 3.63) is 29.8 Å². The van der Waals surface area contributed by atoms with Crippen molar-refractivity contribution in [3.63, 3.8) is 0 Å². The molecule has 7 heteroatoms. The number of nitrogens with one attached hydrogen (secondary N) is 1. The predicted octanol–water partition coefficient (Wildman–Crippen LogP) is 1.79. The quantitative estimate of drug-likeness (QED) is 0.869. The number of hydrogen-bond acceptors (Lipinski definition) is 4. The van der Waals surface area contributed by atoms with Crippen LogP contribution in [0.5, 0.6) is 0 Å². The fourth-order valence-electron chi connectivity index (χ4n) is 3.97. The largest absolute Gasteiger partial charge is 0.337 e. The van der Waals surface area contributed by atoms with E-state index in [9.17, 15) is 13.2 Å². The van der Waals surface area contributed by atoms with Gasteiger partial charge in [0.15, 0.2) is 0 Å². The summed E-state index contributed by atoms with van der Waals surface area (Å²) in [6.07, 6.45) is 1.96. The third kappa shape index (κ3) is 4.27. The molecule has 2 heterocycles. The third-order valence-corrected chi connectivity index (χ3v) is 7.01. The third-order valence-electron chi connectivity index (χ3n) is 5.18. The molecule has 0 aliphatic carbocycles. The van der Waals surface area contributed by atoms with Gasteiger partial charge in [0.2, 0.25) is 10.0 Å². The van der Waals surface area contributed by atoms with E-state index in [2.05, 4.69) is 19.2 Å². The summed E-state index contributed by atoms with van der Waals surface area (Å²) in [7, 11) is -3.57. The van der Waals surface area contributed by atoms with E-state index in [1.807, 2.05) is 0 Å². The summed E-state index contributed by atoms with van der Waals surface area (Å²) in [6.45, 7) is 8.29. The van der Waals surface area contributed by atoms with E-state index in [0.29, 0.717) is 43.6 Å². The zero-order chi connectivity index (χ0) is 18.7. The summed E-state index contributed by atoms with van der Waals surface area (Å²) >= 11 is 0. The summed E-state index contributed by atoms with van der Waals surface area (Å²) in [5.74, 6) is 0.608. The molecule has 1 amide bonds. The van der Waals surface area contributed by atoms with Crippen molar-refractivity contribution in [1.29, 1.82) is 0 Å². The molecule has 2 aliphatic rings. The second kappa shape index (κ2) is 8.06. The van der Waals surface area contributed by atoms with E-state index in [4.69, 9.17) is 0 Å². The second-order valence-corrected chi connectivity index (χ2v) is 9.63. The first-order valence-corrected chi connectivity index (χ1v) is 10.9. The molecule has 3 rings (SSSR count). The maximum atomic E-state index is 13.1. The van der Waals surface area contributed by atoms with Gasteiger partial charge in [-0.15, -0.1) is 0 Å².